The number of carbonyl (C=O) groups is 1. The van der Waals surface area contributed by atoms with Crippen LogP contribution >= 0.6 is 0 Å². The summed E-state index contributed by atoms with van der Waals surface area (Å²) in [6.45, 7) is 8.61. The van der Waals surface area contributed by atoms with Crippen molar-refractivity contribution in [2.45, 2.75) is 65.3 Å². The Hall–Kier alpha value is -1.65. The number of anilines is 1. The van der Waals surface area contributed by atoms with Gasteiger partial charge in [-0.2, -0.15) is 0 Å². The second kappa shape index (κ2) is 7.71. The van der Waals surface area contributed by atoms with Gasteiger partial charge in [0.05, 0.1) is 12.1 Å². The summed E-state index contributed by atoms with van der Waals surface area (Å²) in [6.07, 6.45) is 12.1. The summed E-state index contributed by atoms with van der Waals surface area (Å²) in [5.41, 5.74) is 0.247. The number of hydrogen-bond acceptors (Lipinski definition) is 4. The van der Waals surface area contributed by atoms with Crippen LogP contribution in [0.1, 0.15) is 59.3 Å². The molecule has 3 unspecified atom stereocenters. The molecule has 5 heteroatoms. The molecule has 1 aliphatic carbocycles. The summed E-state index contributed by atoms with van der Waals surface area (Å²) in [7, 11) is 0. The monoisotopic (exact) mass is 344 g/mol. The molecule has 1 saturated heterocycles. The van der Waals surface area contributed by atoms with E-state index in [9.17, 15) is 4.79 Å². The topological polar surface area (TPSA) is 58.1 Å². The lowest BCUT2D eigenvalue weighted by Gasteiger charge is -2.42. The quantitative estimate of drug-likeness (QED) is 0.913. The van der Waals surface area contributed by atoms with E-state index >= 15 is 0 Å². The van der Waals surface area contributed by atoms with Crippen LogP contribution in [0.2, 0.25) is 0 Å². The fourth-order valence-electron chi connectivity index (χ4n) is 4.49. The minimum Gasteiger partial charge on any atom is -0.355 e. The molecule has 0 radical (unpaired) electrons. The second-order valence-electron chi connectivity index (χ2n) is 8.72. The number of rotatable bonds is 3. The molecule has 2 aliphatic rings. The van der Waals surface area contributed by atoms with Gasteiger partial charge in [-0.25, -0.2) is 4.98 Å². The number of piperidine rings is 1. The van der Waals surface area contributed by atoms with Crippen LogP contribution in [0, 0.1) is 17.3 Å². The molecule has 1 amide bonds. The van der Waals surface area contributed by atoms with Crippen LogP contribution in [-0.4, -0.2) is 35.0 Å². The molecule has 0 bridgehead atoms. The van der Waals surface area contributed by atoms with Crippen LogP contribution in [0.4, 0.5) is 5.82 Å². The molecule has 1 aromatic rings. The van der Waals surface area contributed by atoms with Crippen LogP contribution in [0.25, 0.3) is 0 Å². The van der Waals surface area contributed by atoms with E-state index in [1.165, 1.54) is 19.3 Å². The summed E-state index contributed by atoms with van der Waals surface area (Å²) >= 11 is 0. The van der Waals surface area contributed by atoms with E-state index < -0.39 is 0 Å². The number of amides is 1. The molecule has 5 nitrogen and oxygen atoms in total. The van der Waals surface area contributed by atoms with E-state index in [1.807, 2.05) is 0 Å². The first kappa shape index (κ1) is 18.2. The van der Waals surface area contributed by atoms with Crippen LogP contribution in [0.5, 0.6) is 0 Å². The van der Waals surface area contributed by atoms with Gasteiger partial charge in [0.15, 0.2) is 0 Å². The Kier molecular flexibility index (Phi) is 5.60. The Morgan fingerprint density at radius 1 is 1.16 bits per heavy atom. The van der Waals surface area contributed by atoms with E-state index in [2.05, 4.69) is 41.0 Å². The average molecular weight is 345 g/mol. The smallest absolute Gasteiger partial charge is 0.225 e. The summed E-state index contributed by atoms with van der Waals surface area (Å²) in [5.74, 6) is 1.74. The molecule has 138 valence electrons. The molecule has 0 aromatic carbocycles. The van der Waals surface area contributed by atoms with Gasteiger partial charge in [0.2, 0.25) is 5.91 Å². The molecule has 1 N–H and O–H groups in total. The maximum atomic E-state index is 12.9. The maximum Gasteiger partial charge on any atom is 0.225 e. The predicted molar refractivity (Wildman–Crippen MR) is 100 cm³/mol. The Morgan fingerprint density at radius 3 is 2.68 bits per heavy atom. The summed E-state index contributed by atoms with van der Waals surface area (Å²) in [4.78, 5) is 23.7. The summed E-state index contributed by atoms with van der Waals surface area (Å²) < 4.78 is 0. The molecular weight excluding hydrogens is 312 g/mol. The first-order valence-corrected chi connectivity index (χ1v) is 9.76. The molecule has 1 aliphatic heterocycles. The molecule has 2 fully saturated rings. The third kappa shape index (κ3) is 4.50. The highest BCUT2D eigenvalue weighted by Gasteiger charge is 2.36. The normalized spacial score (nSPS) is 27.8. The van der Waals surface area contributed by atoms with Gasteiger partial charge < -0.3 is 10.2 Å². The molecule has 2 heterocycles. The lowest BCUT2D eigenvalue weighted by molar-refractivity contribution is -0.127. The van der Waals surface area contributed by atoms with Gasteiger partial charge >= 0.3 is 0 Å². The number of hydrogen-bond donors (Lipinski definition) is 1. The van der Waals surface area contributed by atoms with Crippen LogP contribution in [0.3, 0.4) is 0 Å². The minimum absolute atomic E-state index is 0.0540. The molecular formula is C20H32N4O. The highest BCUT2D eigenvalue weighted by molar-refractivity contribution is 5.80. The van der Waals surface area contributed by atoms with Crippen molar-refractivity contribution < 1.29 is 4.79 Å². The standard InChI is InChI=1S/C20H32N4O/c1-20(2,3)16-8-4-5-9-17(16)23-19(25)15-7-6-12-24(14-15)18-13-21-10-11-22-18/h10-11,13,15-17H,4-9,12,14H2,1-3H3,(H,23,25). The van der Waals surface area contributed by atoms with Gasteiger partial charge in [0.25, 0.3) is 0 Å². The Bertz CT molecular complexity index is 569. The molecule has 0 spiro atoms. The Morgan fingerprint density at radius 2 is 1.96 bits per heavy atom. The van der Waals surface area contributed by atoms with Gasteiger partial charge in [0, 0.05) is 31.5 Å². The minimum atomic E-state index is 0.0540. The Balaban J connectivity index is 1.62. The highest BCUT2D eigenvalue weighted by Crippen LogP contribution is 2.38. The van der Waals surface area contributed by atoms with Crippen molar-refractivity contribution in [2.24, 2.45) is 17.3 Å². The van der Waals surface area contributed by atoms with Crippen molar-refractivity contribution in [3.63, 3.8) is 0 Å². The van der Waals surface area contributed by atoms with Crippen LogP contribution < -0.4 is 10.2 Å². The van der Waals surface area contributed by atoms with Gasteiger partial charge in [0.1, 0.15) is 5.82 Å². The number of aromatic nitrogens is 2. The molecule has 1 aromatic heterocycles. The fraction of sp³-hybridized carbons (Fsp3) is 0.750. The summed E-state index contributed by atoms with van der Waals surface area (Å²) in [5, 5.41) is 3.42. The highest BCUT2D eigenvalue weighted by atomic mass is 16.2. The SMILES string of the molecule is CC(C)(C)C1CCCCC1NC(=O)C1CCCN(c2cnccn2)C1. The first-order chi connectivity index (χ1) is 11.9. The zero-order chi connectivity index (χ0) is 17.9. The van der Waals surface area contributed by atoms with Crippen molar-refractivity contribution in [3.05, 3.63) is 18.6 Å². The molecule has 25 heavy (non-hydrogen) atoms. The van der Waals surface area contributed by atoms with Gasteiger partial charge in [-0.1, -0.05) is 33.6 Å². The van der Waals surface area contributed by atoms with Crippen LogP contribution in [-0.2, 0) is 4.79 Å². The van der Waals surface area contributed by atoms with Gasteiger partial charge in [-0.15, -0.1) is 0 Å². The zero-order valence-corrected chi connectivity index (χ0v) is 15.9. The molecule has 1 saturated carbocycles. The number of carbonyl (C=O) groups excluding carboxylic acids is 1. The van der Waals surface area contributed by atoms with Gasteiger partial charge in [-0.3, -0.25) is 9.78 Å². The lowest BCUT2D eigenvalue weighted by atomic mass is 9.69. The molecule has 3 atom stereocenters. The summed E-state index contributed by atoms with van der Waals surface area (Å²) in [6, 6.07) is 0.327. The fourth-order valence-corrected chi connectivity index (χ4v) is 4.49. The maximum absolute atomic E-state index is 12.9. The van der Waals surface area contributed by atoms with Crippen molar-refractivity contribution in [2.75, 3.05) is 18.0 Å². The van der Waals surface area contributed by atoms with Crippen LogP contribution in [0.15, 0.2) is 18.6 Å². The average Bonchev–Trinajstić information content (AvgIpc) is 2.62. The number of nitrogens with one attached hydrogen (secondary N) is 1. The van der Waals surface area contributed by atoms with E-state index in [1.54, 1.807) is 18.6 Å². The third-order valence-corrected chi connectivity index (χ3v) is 5.87. The molecule has 3 rings (SSSR count). The van der Waals surface area contributed by atoms with Crippen molar-refractivity contribution in [3.8, 4) is 0 Å². The zero-order valence-electron chi connectivity index (χ0n) is 15.9. The second-order valence-corrected chi connectivity index (χ2v) is 8.72. The van der Waals surface area contributed by atoms with E-state index in [4.69, 9.17) is 0 Å². The van der Waals surface area contributed by atoms with Crippen molar-refractivity contribution >= 4 is 11.7 Å². The van der Waals surface area contributed by atoms with E-state index in [-0.39, 0.29) is 17.2 Å². The van der Waals surface area contributed by atoms with Crippen molar-refractivity contribution in [1.82, 2.24) is 15.3 Å². The van der Waals surface area contributed by atoms with Crippen molar-refractivity contribution in [1.29, 1.82) is 0 Å². The largest absolute Gasteiger partial charge is 0.355 e. The Labute approximate surface area is 151 Å². The van der Waals surface area contributed by atoms with Gasteiger partial charge in [-0.05, 0) is 37.0 Å². The first-order valence-electron chi connectivity index (χ1n) is 9.76. The van der Waals surface area contributed by atoms with E-state index in [0.29, 0.717) is 12.0 Å². The predicted octanol–water partition coefficient (Wildman–Crippen LogP) is 3.41. The van der Waals surface area contributed by atoms with E-state index in [0.717, 1.165) is 38.2 Å². The third-order valence-electron chi connectivity index (χ3n) is 5.87. The lowest BCUT2D eigenvalue weighted by Crippen LogP contribution is -2.51. The number of nitrogens with zero attached hydrogens (tertiary/aromatic N) is 3.